The fourth-order valence-corrected chi connectivity index (χ4v) is 2.59. The second kappa shape index (κ2) is 8.41. The van der Waals surface area contributed by atoms with Gasteiger partial charge in [-0.2, -0.15) is 0 Å². The molecule has 4 nitrogen and oxygen atoms in total. The Morgan fingerprint density at radius 2 is 2.11 bits per heavy atom. The summed E-state index contributed by atoms with van der Waals surface area (Å²) in [5, 5.41) is 13.0. The molecule has 0 spiro atoms. The molecule has 3 atom stereocenters. The average Bonchev–Trinajstić information content (AvgIpc) is 2.39. The number of nitrogens with one attached hydrogen (secondary N) is 1. The van der Waals surface area contributed by atoms with Gasteiger partial charge in [-0.3, -0.25) is 0 Å². The minimum atomic E-state index is -0.375. The van der Waals surface area contributed by atoms with Crippen LogP contribution in [-0.4, -0.2) is 41.3 Å². The Hall–Kier alpha value is -0.770. The van der Waals surface area contributed by atoms with Gasteiger partial charge in [0.2, 0.25) is 0 Å². The summed E-state index contributed by atoms with van der Waals surface area (Å²) in [6.07, 6.45) is 6.03. The Bertz CT molecular complexity index is 271. The zero-order chi connectivity index (χ0) is 14.3. The van der Waals surface area contributed by atoms with Crippen LogP contribution < -0.4 is 5.32 Å². The maximum Gasteiger partial charge on any atom is 0.317 e. The van der Waals surface area contributed by atoms with Crippen LogP contribution in [0.25, 0.3) is 0 Å². The van der Waals surface area contributed by atoms with Gasteiger partial charge in [-0.15, -0.1) is 0 Å². The van der Waals surface area contributed by atoms with Gasteiger partial charge in [-0.05, 0) is 25.2 Å². The summed E-state index contributed by atoms with van der Waals surface area (Å²) in [7, 11) is 0. The van der Waals surface area contributed by atoms with E-state index in [-0.39, 0.29) is 18.2 Å². The first kappa shape index (κ1) is 16.3. The lowest BCUT2D eigenvalue weighted by molar-refractivity contribution is 0.0428. The first-order chi connectivity index (χ1) is 9.08. The third-order valence-corrected chi connectivity index (χ3v) is 4.08. The van der Waals surface area contributed by atoms with Crippen molar-refractivity contribution >= 4 is 6.03 Å². The van der Waals surface area contributed by atoms with Crippen LogP contribution in [0.4, 0.5) is 4.79 Å². The smallest absolute Gasteiger partial charge is 0.317 e. The number of β-amino-alcohol motifs (C(OH)–C–C–N with tert-alkyl or cyclic N) is 1. The first-order valence-corrected chi connectivity index (χ1v) is 7.81. The highest BCUT2D eigenvalue weighted by molar-refractivity contribution is 5.74. The topological polar surface area (TPSA) is 52.6 Å². The molecule has 3 unspecified atom stereocenters. The van der Waals surface area contributed by atoms with Crippen LogP contribution >= 0.6 is 0 Å². The van der Waals surface area contributed by atoms with Crippen molar-refractivity contribution < 1.29 is 9.90 Å². The van der Waals surface area contributed by atoms with Crippen molar-refractivity contribution in [3.8, 4) is 0 Å². The van der Waals surface area contributed by atoms with E-state index in [9.17, 15) is 9.90 Å². The molecule has 4 heteroatoms. The molecule has 1 aliphatic heterocycles. The molecule has 1 aliphatic rings. The summed E-state index contributed by atoms with van der Waals surface area (Å²) in [6, 6.07) is 0.287. The van der Waals surface area contributed by atoms with Crippen LogP contribution in [0.2, 0.25) is 0 Å². The average molecular weight is 270 g/mol. The minimum absolute atomic E-state index is 0.000466. The number of hydrogen-bond acceptors (Lipinski definition) is 2. The van der Waals surface area contributed by atoms with Crippen LogP contribution in [0, 0.1) is 5.92 Å². The van der Waals surface area contributed by atoms with Gasteiger partial charge in [-0.1, -0.05) is 40.0 Å². The molecule has 112 valence electrons. The van der Waals surface area contributed by atoms with E-state index in [1.807, 2.05) is 6.92 Å². The van der Waals surface area contributed by atoms with Crippen molar-refractivity contribution in [3.05, 3.63) is 0 Å². The van der Waals surface area contributed by atoms with E-state index in [1.54, 1.807) is 4.90 Å². The summed E-state index contributed by atoms with van der Waals surface area (Å²) in [5.74, 6) is 0.301. The summed E-state index contributed by atoms with van der Waals surface area (Å²) >= 11 is 0. The number of unbranched alkanes of at least 4 members (excludes halogenated alkanes) is 1. The van der Waals surface area contributed by atoms with E-state index in [0.717, 1.165) is 45.1 Å². The number of urea groups is 1. The molecule has 0 saturated carbocycles. The molecule has 0 aromatic rings. The number of carbonyl (C=O) groups is 1. The Labute approximate surface area is 117 Å². The second-order valence-corrected chi connectivity index (χ2v) is 5.86. The molecule has 0 aliphatic carbocycles. The molecular weight excluding hydrogens is 240 g/mol. The number of likely N-dealkylation sites (tertiary alicyclic amines) is 1. The second-order valence-electron chi connectivity index (χ2n) is 5.86. The lowest BCUT2D eigenvalue weighted by Crippen LogP contribution is -2.51. The standard InChI is InChI=1S/C15H30N2O2/c1-4-6-8-13(7-5-2)16-15(19)17-10-9-12(3)14(18)11-17/h12-14,18H,4-11H2,1-3H3,(H,16,19). The van der Waals surface area contributed by atoms with Gasteiger partial charge in [0.05, 0.1) is 6.10 Å². The number of carbonyl (C=O) groups excluding carboxylic acids is 1. The van der Waals surface area contributed by atoms with Crippen molar-refractivity contribution in [2.24, 2.45) is 5.92 Å². The maximum absolute atomic E-state index is 12.2. The van der Waals surface area contributed by atoms with Gasteiger partial charge in [0, 0.05) is 19.1 Å². The molecule has 0 aromatic carbocycles. The highest BCUT2D eigenvalue weighted by atomic mass is 16.3. The van der Waals surface area contributed by atoms with Gasteiger partial charge in [0.1, 0.15) is 0 Å². The molecule has 2 amide bonds. The summed E-state index contributed by atoms with van der Waals surface area (Å²) in [4.78, 5) is 14.0. The van der Waals surface area contributed by atoms with E-state index >= 15 is 0 Å². The van der Waals surface area contributed by atoms with Crippen LogP contribution in [0.3, 0.4) is 0 Å². The molecule has 1 saturated heterocycles. The molecule has 0 aromatic heterocycles. The normalized spacial score (nSPS) is 25.2. The fourth-order valence-electron chi connectivity index (χ4n) is 2.59. The number of rotatable bonds is 6. The van der Waals surface area contributed by atoms with E-state index in [4.69, 9.17) is 0 Å². The van der Waals surface area contributed by atoms with Crippen LogP contribution in [0.1, 0.15) is 59.3 Å². The Morgan fingerprint density at radius 3 is 2.68 bits per heavy atom. The maximum atomic E-state index is 12.2. The summed E-state index contributed by atoms with van der Waals surface area (Å²) in [6.45, 7) is 7.60. The van der Waals surface area contributed by atoms with Crippen LogP contribution in [-0.2, 0) is 0 Å². The predicted octanol–water partition coefficient (Wildman–Crippen LogP) is 2.76. The summed E-state index contributed by atoms with van der Waals surface area (Å²) in [5.41, 5.74) is 0. The van der Waals surface area contributed by atoms with Crippen molar-refractivity contribution in [1.29, 1.82) is 0 Å². The molecular formula is C15H30N2O2. The monoisotopic (exact) mass is 270 g/mol. The molecule has 0 bridgehead atoms. The molecule has 1 rings (SSSR count). The van der Waals surface area contributed by atoms with Crippen molar-refractivity contribution in [3.63, 3.8) is 0 Å². The number of aliphatic hydroxyl groups excluding tert-OH is 1. The Kier molecular flexibility index (Phi) is 7.21. The molecule has 1 fully saturated rings. The Morgan fingerprint density at radius 1 is 1.37 bits per heavy atom. The van der Waals surface area contributed by atoms with Gasteiger partial charge in [0.15, 0.2) is 0 Å². The Balaban J connectivity index is 2.42. The SMILES string of the molecule is CCCCC(CCC)NC(=O)N1CCC(C)C(O)C1. The third kappa shape index (κ3) is 5.39. The highest BCUT2D eigenvalue weighted by Gasteiger charge is 2.27. The third-order valence-electron chi connectivity index (χ3n) is 4.08. The molecule has 1 heterocycles. The molecule has 19 heavy (non-hydrogen) atoms. The number of hydrogen-bond donors (Lipinski definition) is 2. The van der Waals surface area contributed by atoms with Crippen molar-refractivity contribution in [1.82, 2.24) is 10.2 Å². The van der Waals surface area contributed by atoms with Gasteiger partial charge >= 0.3 is 6.03 Å². The van der Waals surface area contributed by atoms with Gasteiger partial charge in [-0.25, -0.2) is 4.79 Å². The van der Waals surface area contributed by atoms with Crippen LogP contribution in [0.5, 0.6) is 0 Å². The first-order valence-electron chi connectivity index (χ1n) is 7.81. The predicted molar refractivity (Wildman–Crippen MR) is 78.1 cm³/mol. The van der Waals surface area contributed by atoms with Crippen LogP contribution in [0.15, 0.2) is 0 Å². The van der Waals surface area contributed by atoms with Gasteiger partial charge < -0.3 is 15.3 Å². The van der Waals surface area contributed by atoms with Crippen molar-refractivity contribution in [2.45, 2.75) is 71.4 Å². The van der Waals surface area contributed by atoms with Crippen molar-refractivity contribution in [2.75, 3.05) is 13.1 Å². The van der Waals surface area contributed by atoms with E-state index in [0.29, 0.717) is 12.5 Å². The number of amides is 2. The largest absolute Gasteiger partial charge is 0.391 e. The lowest BCUT2D eigenvalue weighted by atomic mass is 9.96. The van der Waals surface area contributed by atoms with E-state index in [2.05, 4.69) is 19.2 Å². The lowest BCUT2D eigenvalue weighted by Gasteiger charge is -2.35. The van der Waals surface area contributed by atoms with E-state index in [1.165, 1.54) is 0 Å². The number of piperidine rings is 1. The fraction of sp³-hybridized carbons (Fsp3) is 0.933. The van der Waals surface area contributed by atoms with E-state index < -0.39 is 0 Å². The number of aliphatic hydroxyl groups is 1. The molecule has 2 N–H and O–H groups in total. The van der Waals surface area contributed by atoms with Gasteiger partial charge in [0.25, 0.3) is 0 Å². The highest BCUT2D eigenvalue weighted by Crippen LogP contribution is 2.17. The minimum Gasteiger partial charge on any atom is -0.391 e. The zero-order valence-electron chi connectivity index (χ0n) is 12.7. The summed E-state index contributed by atoms with van der Waals surface area (Å²) < 4.78 is 0. The quantitative estimate of drug-likeness (QED) is 0.779. The number of nitrogens with zero attached hydrogens (tertiary/aromatic N) is 1. The zero-order valence-corrected chi connectivity index (χ0v) is 12.7. The molecule has 0 radical (unpaired) electrons.